The van der Waals surface area contributed by atoms with Gasteiger partial charge in [-0.3, -0.25) is 9.20 Å². The fraction of sp³-hybridized carbons (Fsp3) is 0.316. The summed E-state index contributed by atoms with van der Waals surface area (Å²) in [5.41, 5.74) is 4.06. The second kappa shape index (κ2) is 5.74. The van der Waals surface area contributed by atoms with Gasteiger partial charge in [-0.05, 0) is 49.4 Å². The lowest BCUT2D eigenvalue weighted by Crippen LogP contribution is -2.33. The van der Waals surface area contributed by atoms with E-state index in [2.05, 4.69) is 34.5 Å². The highest BCUT2D eigenvalue weighted by atomic mass is 16.2. The second-order valence-electron chi connectivity index (χ2n) is 6.42. The molecule has 1 aliphatic rings. The van der Waals surface area contributed by atoms with E-state index < -0.39 is 0 Å². The molecule has 2 aromatic heterocycles. The van der Waals surface area contributed by atoms with Gasteiger partial charge in [0.25, 0.3) is 5.91 Å². The van der Waals surface area contributed by atoms with Crippen LogP contribution in [0.5, 0.6) is 0 Å². The Morgan fingerprint density at radius 3 is 2.92 bits per heavy atom. The van der Waals surface area contributed by atoms with Gasteiger partial charge < -0.3 is 4.90 Å². The van der Waals surface area contributed by atoms with Gasteiger partial charge in [0.15, 0.2) is 5.65 Å². The Morgan fingerprint density at radius 2 is 2.04 bits per heavy atom. The number of fused-ring (bicyclic) bond motifs is 2. The second-order valence-corrected chi connectivity index (χ2v) is 6.42. The number of hydrogen-bond acceptors (Lipinski definition) is 3. The monoisotopic (exact) mass is 320 g/mol. The fourth-order valence-corrected chi connectivity index (χ4v) is 3.61. The summed E-state index contributed by atoms with van der Waals surface area (Å²) in [4.78, 5) is 14.9. The first-order chi connectivity index (χ1) is 11.6. The van der Waals surface area contributed by atoms with Crippen molar-refractivity contribution in [2.45, 2.75) is 32.2 Å². The molecule has 0 spiro atoms. The van der Waals surface area contributed by atoms with E-state index in [1.54, 1.807) is 0 Å². The fourth-order valence-electron chi connectivity index (χ4n) is 3.61. The van der Waals surface area contributed by atoms with Crippen LogP contribution in [0, 0.1) is 6.92 Å². The van der Waals surface area contributed by atoms with Gasteiger partial charge in [-0.15, -0.1) is 10.2 Å². The van der Waals surface area contributed by atoms with Crippen LogP contribution in [-0.2, 0) is 6.42 Å². The molecule has 1 amide bonds. The van der Waals surface area contributed by atoms with Gasteiger partial charge in [0.2, 0.25) is 0 Å². The van der Waals surface area contributed by atoms with Crippen LogP contribution in [-0.4, -0.2) is 32.5 Å². The first-order valence-electron chi connectivity index (χ1n) is 8.31. The van der Waals surface area contributed by atoms with Crippen molar-refractivity contribution >= 4 is 11.6 Å². The quantitative estimate of drug-likeness (QED) is 0.728. The molecule has 1 unspecified atom stereocenters. The molecule has 0 radical (unpaired) electrons. The van der Waals surface area contributed by atoms with Gasteiger partial charge in [-0.1, -0.05) is 24.3 Å². The van der Waals surface area contributed by atoms with Crippen LogP contribution in [0.1, 0.15) is 46.2 Å². The van der Waals surface area contributed by atoms with Gasteiger partial charge in [0, 0.05) is 13.2 Å². The number of pyridine rings is 1. The molecular formula is C19H20N4O. The van der Waals surface area contributed by atoms with Crippen molar-refractivity contribution < 1.29 is 4.79 Å². The molecule has 0 saturated carbocycles. The van der Waals surface area contributed by atoms with Crippen LogP contribution in [0.4, 0.5) is 0 Å². The summed E-state index contributed by atoms with van der Waals surface area (Å²) in [6.45, 7) is 1.88. The van der Waals surface area contributed by atoms with Crippen molar-refractivity contribution in [2.75, 3.05) is 7.05 Å². The number of carbonyl (C=O) groups is 1. The minimum Gasteiger partial charge on any atom is -0.335 e. The number of nitrogens with zero attached hydrogens (tertiary/aromatic N) is 4. The Hall–Kier alpha value is -2.69. The highest BCUT2D eigenvalue weighted by Crippen LogP contribution is 2.34. The molecule has 0 aliphatic heterocycles. The molecular weight excluding hydrogens is 300 g/mol. The van der Waals surface area contributed by atoms with Crippen LogP contribution in [0.15, 0.2) is 42.6 Å². The predicted molar refractivity (Wildman–Crippen MR) is 91.9 cm³/mol. The Bertz CT molecular complexity index is 915. The molecule has 1 aromatic carbocycles. The third kappa shape index (κ3) is 2.37. The average molecular weight is 320 g/mol. The Kier molecular flexibility index (Phi) is 3.56. The summed E-state index contributed by atoms with van der Waals surface area (Å²) in [7, 11) is 1.90. The summed E-state index contributed by atoms with van der Waals surface area (Å²) in [6, 6.07) is 12.3. The Morgan fingerprint density at radius 1 is 1.21 bits per heavy atom. The maximum absolute atomic E-state index is 13.0. The number of aryl methyl sites for hydroxylation is 2. The molecule has 5 nitrogen and oxygen atoms in total. The number of hydrogen-bond donors (Lipinski definition) is 0. The maximum Gasteiger partial charge on any atom is 0.255 e. The van der Waals surface area contributed by atoms with Gasteiger partial charge in [0.05, 0.1) is 11.6 Å². The van der Waals surface area contributed by atoms with Crippen molar-refractivity contribution in [1.29, 1.82) is 0 Å². The molecule has 24 heavy (non-hydrogen) atoms. The highest BCUT2D eigenvalue weighted by molar-refractivity contribution is 5.94. The average Bonchev–Trinajstić information content (AvgIpc) is 3.00. The third-order valence-corrected chi connectivity index (χ3v) is 4.95. The number of rotatable bonds is 2. The molecule has 2 heterocycles. The number of amides is 1. The zero-order chi connectivity index (χ0) is 16.7. The van der Waals surface area contributed by atoms with Crippen LogP contribution in [0.2, 0.25) is 0 Å². The van der Waals surface area contributed by atoms with E-state index in [9.17, 15) is 4.79 Å². The van der Waals surface area contributed by atoms with Crippen molar-refractivity contribution in [3.05, 3.63) is 65.1 Å². The lowest BCUT2D eigenvalue weighted by molar-refractivity contribution is 0.0714. The molecule has 0 saturated heterocycles. The van der Waals surface area contributed by atoms with E-state index in [1.807, 2.05) is 41.6 Å². The summed E-state index contributed by atoms with van der Waals surface area (Å²) in [5, 5.41) is 8.12. The van der Waals surface area contributed by atoms with E-state index in [4.69, 9.17) is 0 Å². The van der Waals surface area contributed by atoms with Gasteiger partial charge in [-0.2, -0.15) is 0 Å². The lowest BCUT2D eigenvalue weighted by atomic mass is 9.87. The molecule has 1 atom stereocenters. The molecule has 4 rings (SSSR count). The Balaban J connectivity index is 1.67. The molecule has 122 valence electrons. The van der Waals surface area contributed by atoms with E-state index in [0.29, 0.717) is 5.56 Å². The number of carbonyl (C=O) groups excluding carboxylic acids is 1. The first-order valence-corrected chi connectivity index (χ1v) is 8.31. The summed E-state index contributed by atoms with van der Waals surface area (Å²) in [5.74, 6) is 0.817. The predicted octanol–water partition coefficient (Wildman–Crippen LogP) is 3.19. The lowest BCUT2D eigenvalue weighted by Gasteiger charge is -2.33. The maximum atomic E-state index is 13.0. The molecule has 1 aliphatic carbocycles. The van der Waals surface area contributed by atoms with E-state index in [-0.39, 0.29) is 11.9 Å². The van der Waals surface area contributed by atoms with Crippen molar-refractivity contribution in [3.8, 4) is 0 Å². The van der Waals surface area contributed by atoms with E-state index in [0.717, 1.165) is 30.7 Å². The normalized spacial score (nSPS) is 16.8. The van der Waals surface area contributed by atoms with E-state index >= 15 is 0 Å². The van der Waals surface area contributed by atoms with Gasteiger partial charge >= 0.3 is 0 Å². The van der Waals surface area contributed by atoms with Gasteiger partial charge in [0.1, 0.15) is 5.82 Å². The molecule has 3 aromatic rings. The Labute approximate surface area is 140 Å². The SMILES string of the molecule is Cc1nnc2ccc(C(=O)N(C)C3CCCc4ccccc43)cn12. The third-order valence-electron chi connectivity index (χ3n) is 4.95. The first kappa shape index (κ1) is 14.9. The van der Waals surface area contributed by atoms with Crippen molar-refractivity contribution in [1.82, 2.24) is 19.5 Å². The zero-order valence-electron chi connectivity index (χ0n) is 13.9. The smallest absolute Gasteiger partial charge is 0.255 e. The summed E-state index contributed by atoms with van der Waals surface area (Å²) in [6.07, 6.45) is 5.05. The minimum absolute atomic E-state index is 0.0340. The molecule has 0 N–H and O–H groups in total. The standard InChI is InChI=1S/C19H20N4O/c1-13-20-21-18-11-10-15(12-23(13)18)19(24)22(2)17-9-5-7-14-6-3-4-8-16(14)17/h3-4,6,8,10-12,17H,5,7,9H2,1-2H3. The zero-order valence-corrected chi connectivity index (χ0v) is 13.9. The molecule has 0 bridgehead atoms. The van der Waals surface area contributed by atoms with Crippen LogP contribution in [0.3, 0.4) is 0 Å². The molecule has 5 heteroatoms. The topological polar surface area (TPSA) is 50.5 Å². The minimum atomic E-state index is 0.0340. The number of benzene rings is 1. The number of aromatic nitrogens is 3. The van der Waals surface area contributed by atoms with Gasteiger partial charge in [-0.25, -0.2) is 0 Å². The van der Waals surface area contributed by atoms with Crippen LogP contribution < -0.4 is 0 Å². The summed E-state index contributed by atoms with van der Waals surface area (Å²) < 4.78 is 1.86. The largest absolute Gasteiger partial charge is 0.335 e. The van der Waals surface area contributed by atoms with Crippen LogP contribution in [0.25, 0.3) is 5.65 Å². The van der Waals surface area contributed by atoms with Crippen LogP contribution >= 0.6 is 0 Å². The molecule has 0 fully saturated rings. The van der Waals surface area contributed by atoms with Crippen molar-refractivity contribution in [3.63, 3.8) is 0 Å². The summed E-state index contributed by atoms with van der Waals surface area (Å²) >= 11 is 0. The van der Waals surface area contributed by atoms with E-state index in [1.165, 1.54) is 11.1 Å². The highest BCUT2D eigenvalue weighted by Gasteiger charge is 2.27. The van der Waals surface area contributed by atoms with Crippen molar-refractivity contribution in [2.24, 2.45) is 0 Å².